The summed E-state index contributed by atoms with van der Waals surface area (Å²) in [6, 6.07) is 20.1. The first-order valence-electron chi connectivity index (χ1n) is 12.7. The molecular weight excluding hydrogens is 555 g/mol. The highest BCUT2D eigenvalue weighted by atomic mass is 19.4. The normalized spacial score (nSPS) is 12.0. The molecule has 0 aromatic heterocycles. The van der Waals surface area contributed by atoms with Crippen LogP contribution < -0.4 is 16.2 Å². The number of hydrogen-bond acceptors (Lipinski definition) is 5. The molecule has 0 spiro atoms. The number of carbonyl (C=O) groups excluding carboxylic acids is 1. The maximum atomic E-state index is 14.6. The Morgan fingerprint density at radius 3 is 2.05 bits per heavy atom. The lowest BCUT2D eigenvalue weighted by Gasteiger charge is -2.18. The van der Waals surface area contributed by atoms with Crippen molar-refractivity contribution in [1.29, 1.82) is 0 Å². The molecule has 0 bridgehead atoms. The molecular formula is C32H27F5N2O3. The van der Waals surface area contributed by atoms with Gasteiger partial charge in [0.1, 0.15) is 12.4 Å². The van der Waals surface area contributed by atoms with Gasteiger partial charge in [-0.1, -0.05) is 36.4 Å². The van der Waals surface area contributed by atoms with E-state index in [4.69, 9.17) is 20.9 Å². The molecule has 4 rings (SSSR count). The summed E-state index contributed by atoms with van der Waals surface area (Å²) in [7, 11) is 0. The minimum atomic E-state index is -4.41. The number of anilines is 2. The van der Waals surface area contributed by atoms with E-state index in [2.05, 4.69) is 0 Å². The van der Waals surface area contributed by atoms with Gasteiger partial charge in [0.15, 0.2) is 0 Å². The topological polar surface area (TPSA) is 87.6 Å². The summed E-state index contributed by atoms with van der Waals surface area (Å²) in [6.45, 7) is 1.87. The highest BCUT2D eigenvalue weighted by molar-refractivity contribution is 5.87. The number of rotatable bonds is 9. The van der Waals surface area contributed by atoms with Crippen LogP contribution in [-0.2, 0) is 28.7 Å². The maximum Gasteiger partial charge on any atom is 0.426 e. The van der Waals surface area contributed by atoms with Crippen molar-refractivity contribution in [2.24, 2.45) is 0 Å². The fourth-order valence-electron chi connectivity index (χ4n) is 4.25. The third kappa shape index (κ3) is 8.09. The van der Waals surface area contributed by atoms with Gasteiger partial charge < -0.3 is 20.9 Å². The van der Waals surface area contributed by atoms with Crippen LogP contribution in [0.4, 0.5) is 33.3 Å². The van der Waals surface area contributed by atoms with Gasteiger partial charge in [0, 0.05) is 17.5 Å². The van der Waals surface area contributed by atoms with E-state index in [-0.39, 0.29) is 17.9 Å². The number of nitrogen functional groups attached to an aromatic ring is 2. The van der Waals surface area contributed by atoms with Crippen LogP contribution in [0.3, 0.4) is 0 Å². The van der Waals surface area contributed by atoms with E-state index in [1.165, 1.54) is 24.3 Å². The van der Waals surface area contributed by atoms with Crippen LogP contribution >= 0.6 is 0 Å². The number of esters is 1. The number of benzene rings is 4. The fourth-order valence-corrected chi connectivity index (χ4v) is 4.25. The van der Waals surface area contributed by atoms with Gasteiger partial charge in [-0.3, -0.25) is 0 Å². The largest absolute Gasteiger partial charge is 0.458 e. The molecule has 0 heterocycles. The van der Waals surface area contributed by atoms with Gasteiger partial charge >= 0.3 is 18.3 Å². The summed E-state index contributed by atoms with van der Waals surface area (Å²) in [4.78, 5) is 12.4. The second kappa shape index (κ2) is 12.3. The van der Waals surface area contributed by atoms with Gasteiger partial charge in [-0.25, -0.2) is 4.79 Å². The minimum Gasteiger partial charge on any atom is -0.458 e. The van der Waals surface area contributed by atoms with Crippen LogP contribution in [0.2, 0.25) is 0 Å². The molecule has 0 saturated heterocycles. The molecule has 0 radical (unpaired) electrons. The molecule has 0 atom stereocenters. The Morgan fingerprint density at radius 1 is 0.810 bits per heavy atom. The number of carbonyl (C=O) groups is 1. The molecule has 0 aliphatic heterocycles. The van der Waals surface area contributed by atoms with E-state index in [1.807, 2.05) is 25.1 Å². The van der Waals surface area contributed by atoms with E-state index in [9.17, 15) is 26.7 Å². The zero-order valence-electron chi connectivity index (χ0n) is 22.4. The van der Waals surface area contributed by atoms with Crippen LogP contribution in [0, 0.1) is 6.92 Å². The number of nitrogens with two attached hydrogens (primary N) is 2. The Bertz CT molecular complexity index is 1580. The number of alkyl halides is 5. The van der Waals surface area contributed by atoms with Crippen LogP contribution in [0.1, 0.15) is 27.8 Å². The molecule has 10 heteroatoms. The predicted octanol–water partition coefficient (Wildman–Crippen LogP) is 7.82. The van der Waals surface area contributed by atoms with Crippen molar-refractivity contribution in [1.82, 2.24) is 0 Å². The van der Waals surface area contributed by atoms with Gasteiger partial charge in [0.05, 0.1) is 12.0 Å². The van der Waals surface area contributed by atoms with Crippen LogP contribution in [0.15, 0.2) is 91.0 Å². The van der Waals surface area contributed by atoms with E-state index in [0.29, 0.717) is 22.5 Å². The molecule has 0 amide bonds. The Morgan fingerprint density at radius 2 is 1.43 bits per heavy atom. The van der Waals surface area contributed by atoms with Crippen molar-refractivity contribution in [3.8, 4) is 16.9 Å². The molecule has 218 valence electrons. The van der Waals surface area contributed by atoms with Crippen LogP contribution in [0.25, 0.3) is 17.2 Å². The van der Waals surface area contributed by atoms with Crippen molar-refractivity contribution < 1.29 is 36.2 Å². The van der Waals surface area contributed by atoms with E-state index >= 15 is 0 Å². The first-order valence-corrected chi connectivity index (χ1v) is 12.7. The van der Waals surface area contributed by atoms with Gasteiger partial charge in [-0.15, -0.1) is 0 Å². The van der Waals surface area contributed by atoms with Gasteiger partial charge in [0.25, 0.3) is 0 Å². The standard InChI is InChI=1S/C32H27F5N2O3/c1-20-16-25(38)9-13-28(20)29-14-10-26(39)17-23(29)19-41-30(40)15-6-21-2-7-24(8-3-21)32(36,37)42-27-11-4-22(5-12-27)18-31(33,34)35/h2-17H,18-19,38-39H2,1H3/b15-6+. The monoisotopic (exact) mass is 582 g/mol. The molecule has 4 aromatic carbocycles. The SMILES string of the molecule is Cc1cc(N)ccc1-c1ccc(N)cc1COC(=O)/C=C/c1ccc(C(F)(F)Oc2ccc(CC(F)(F)F)cc2)cc1. The second-order valence-corrected chi connectivity index (χ2v) is 9.61. The Hall–Kier alpha value is -4.86. The average Bonchev–Trinajstić information content (AvgIpc) is 2.91. The lowest BCUT2D eigenvalue weighted by atomic mass is 9.95. The van der Waals surface area contributed by atoms with Crippen molar-refractivity contribution in [3.05, 3.63) is 119 Å². The van der Waals surface area contributed by atoms with E-state index < -0.39 is 30.2 Å². The number of halogens is 5. The van der Waals surface area contributed by atoms with Crippen molar-refractivity contribution >= 4 is 23.4 Å². The lowest BCUT2D eigenvalue weighted by Crippen LogP contribution is -2.21. The quantitative estimate of drug-likeness (QED) is 0.0910. The Labute approximate surface area is 239 Å². The Kier molecular flexibility index (Phi) is 8.84. The highest BCUT2D eigenvalue weighted by Gasteiger charge is 2.34. The first-order chi connectivity index (χ1) is 19.8. The van der Waals surface area contributed by atoms with Gasteiger partial charge in [-0.05, 0) is 94.9 Å². The summed E-state index contributed by atoms with van der Waals surface area (Å²) in [6.07, 6.45) is -6.74. The molecule has 0 aliphatic carbocycles. The van der Waals surface area contributed by atoms with Crippen molar-refractivity contribution in [2.45, 2.75) is 32.2 Å². The predicted molar refractivity (Wildman–Crippen MR) is 151 cm³/mol. The fraction of sp³-hybridized carbons (Fsp3) is 0.156. The molecule has 4 aromatic rings. The summed E-state index contributed by atoms with van der Waals surface area (Å²) in [5.41, 5.74) is 16.3. The zero-order chi connectivity index (χ0) is 30.5. The van der Waals surface area contributed by atoms with Crippen molar-refractivity contribution in [2.75, 3.05) is 11.5 Å². The summed E-state index contributed by atoms with van der Waals surface area (Å²) < 4.78 is 76.9. The molecule has 0 aliphatic rings. The zero-order valence-corrected chi connectivity index (χ0v) is 22.4. The lowest BCUT2D eigenvalue weighted by molar-refractivity contribution is -0.185. The Balaban J connectivity index is 1.37. The third-order valence-electron chi connectivity index (χ3n) is 6.27. The molecule has 5 nitrogen and oxygen atoms in total. The smallest absolute Gasteiger partial charge is 0.426 e. The third-order valence-corrected chi connectivity index (χ3v) is 6.27. The average molecular weight is 583 g/mol. The van der Waals surface area contributed by atoms with Crippen LogP contribution in [0.5, 0.6) is 5.75 Å². The minimum absolute atomic E-state index is 0.0486. The first kappa shape index (κ1) is 30.1. The van der Waals surface area contributed by atoms with E-state index in [1.54, 1.807) is 18.2 Å². The molecule has 0 fully saturated rings. The molecule has 4 N–H and O–H groups in total. The van der Waals surface area contributed by atoms with Gasteiger partial charge in [0.2, 0.25) is 0 Å². The summed E-state index contributed by atoms with van der Waals surface area (Å²) in [5, 5.41) is 0. The summed E-state index contributed by atoms with van der Waals surface area (Å²) >= 11 is 0. The molecule has 0 saturated carbocycles. The number of ether oxygens (including phenoxy) is 2. The number of hydrogen-bond donors (Lipinski definition) is 2. The molecule has 42 heavy (non-hydrogen) atoms. The van der Waals surface area contributed by atoms with Crippen molar-refractivity contribution in [3.63, 3.8) is 0 Å². The second-order valence-electron chi connectivity index (χ2n) is 9.61. The van der Waals surface area contributed by atoms with E-state index in [0.717, 1.165) is 53.1 Å². The number of aryl methyl sites for hydroxylation is 1. The maximum absolute atomic E-state index is 14.6. The van der Waals surface area contributed by atoms with Gasteiger partial charge in [-0.2, -0.15) is 22.0 Å². The molecule has 0 unspecified atom stereocenters. The van der Waals surface area contributed by atoms with Crippen LogP contribution in [-0.4, -0.2) is 12.1 Å². The summed E-state index contributed by atoms with van der Waals surface area (Å²) in [5.74, 6) is -0.934. The highest BCUT2D eigenvalue weighted by Crippen LogP contribution is 2.33.